The molecule has 0 aliphatic rings. The van der Waals surface area contributed by atoms with Gasteiger partial charge in [0.1, 0.15) is 6.54 Å². The van der Waals surface area contributed by atoms with Gasteiger partial charge in [-0.3, -0.25) is 19.5 Å². The molecule has 0 saturated carbocycles. The highest BCUT2D eigenvalue weighted by Crippen LogP contribution is 2.24. The Kier molecular flexibility index (Phi) is 6.91. The molecule has 0 atom stereocenters. The Balaban J connectivity index is 1.67. The molecule has 0 spiro atoms. The second kappa shape index (κ2) is 9.99. The fourth-order valence-corrected chi connectivity index (χ4v) is 3.02. The van der Waals surface area contributed by atoms with Gasteiger partial charge in [0.2, 0.25) is 5.91 Å². The van der Waals surface area contributed by atoms with E-state index in [9.17, 15) is 9.59 Å². The number of aromatic nitrogens is 1. The smallest absolute Gasteiger partial charge is 0.251 e. The number of nitrogens with zero attached hydrogens (tertiary/aromatic N) is 3. The molecule has 2 aromatic carbocycles. The SMILES string of the molecule is CCC(=O)N(CC#N)c1ccc(-c2ccc(C(=O)NCc3cccnc3)cc2)cc1. The van der Waals surface area contributed by atoms with Gasteiger partial charge < -0.3 is 5.32 Å². The third-order valence-corrected chi connectivity index (χ3v) is 4.67. The van der Waals surface area contributed by atoms with Crippen molar-refractivity contribution in [1.82, 2.24) is 10.3 Å². The summed E-state index contributed by atoms with van der Waals surface area (Å²) in [6, 6.07) is 20.6. The molecule has 1 N–H and O–H groups in total. The molecule has 0 fully saturated rings. The van der Waals surface area contributed by atoms with Gasteiger partial charge in [0.05, 0.1) is 6.07 Å². The molecule has 6 heteroatoms. The van der Waals surface area contributed by atoms with Gasteiger partial charge in [-0.25, -0.2) is 0 Å². The summed E-state index contributed by atoms with van der Waals surface area (Å²) in [5.74, 6) is -0.239. The summed E-state index contributed by atoms with van der Waals surface area (Å²) in [4.78, 5) is 29.9. The Bertz CT molecular complexity index is 1040. The third kappa shape index (κ3) is 5.09. The number of carbonyl (C=O) groups excluding carboxylic acids is 2. The van der Waals surface area contributed by atoms with Crippen molar-refractivity contribution >= 4 is 17.5 Å². The number of amides is 2. The lowest BCUT2D eigenvalue weighted by atomic mass is 10.0. The maximum atomic E-state index is 12.3. The van der Waals surface area contributed by atoms with Crippen LogP contribution >= 0.6 is 0 Å². The Morgan fingerprint density at radius 3 is 2.27 bits per heavy atom. The quantitative estimate of drug-likeness (QED) is 0.611. The molecule has 0 bridgehead atoms. The van der Waals surface area contributed by atoms with Crippen LogP contribution in [0.1, 0.15) is 29.3 Å². The zero-order valence-electron chi connectivity index (χ0n) is 16.7. The van der Waals surface area contributed by atoms with Crippen LogP contribution in [0.3, 0.4) is 0 Å². The molecule has 6 nitrogen and oxygen atoms in total. The first-order valence-corrected chi connectivity index (χ1v) is 9.67. The Hall–Kier alpha value is -3.98. The van der Waals surface area contributed by atoms with Crippen molar-refractivity contribution in [2.24, 2.45) is 0 Å². The molecular weight excluding hydrogens is 376 g/mol. The highest BCUT2D eigenvalue weighted by Gasteiger charge is 2.13. The maximum Gasteiger partial charge on any atom is 0.251 e. The van der Waals surface area contributed by atoms with Gasteiger partial charge in [-0.2, -0.15) is 5.26 Å². The molecule has 1 heterocycles. The number of hydrogen-bond acceptors (Lipinski definition) is 4. The second-order valence-electron chi connectivity index (χ2n) is 6.66. The Morgan fingerprint density at radius 1 is 1.03 bits per heavy atom. The van der Waals surface area contributed by atoms with E-state index in [-0.39, 0.29) is 18.4 Å². The minimum atomic E-state index is -0.147. The highest BCUT2D eigenvalue weighted by atomic mass is 16.2. The minimum absolute atomic E-state index is 0.0227. The van der Waals surface area contributed by atoms with E-state index in [1.165, 1.54) is 4.90 Å². The van der Waals surface area contributed by atoms with Crippen LogP contribution in [0.15, 0.2) is 73.1 Å². The minimum Gasteiger partial charge on any atom is -0.348 e. The van der Waals surface area contributed by atoms with Crippen molar-refractivity contribution in [3.8, 4) is 17.2 Å². The first-order valence-electron chi connectivity index (χ1n) is 9.67. The third-order valence-electron chi connectivity index (χ3n) is 4.67. The molecule has 1 aromatic heterocycles. The number of hydrogen-bond donors (Lipinski definition) is 1. The van der Waals surface area contributed by atoms with Gasteiger partial charge in [-0.1, -0.05) is 37.3 Å². The van der Waals surface area contributed by atoms with Gasteiger partial charge in [0, 0.05) is 36.6 Å². The van der Waals surface area contributed by atoms with Crippen LogP contribution in [0.2, 0.25) is 0 Å². The van der Waals surface area contributed by atoms with E-state index in [1.54, 1.807) is 31.5 Å². The zero-order valence-corrected chi connectivity index (χ0v) is 16.7. The van der Waals surface area contributed by atoms with Crippen LogP contribution in [0, 0.1) is 11.3 Å². The highest BCUT2D eigenvalue weighted by molar-refractivity contribution is 5.95. The van der Waals surface area contributed by atoms with E-state index < -0.39 is 0 Å². The predicted molar refractivity (Wildman–Crippen MR) is 116 cm³/mol. The summed E-state index contributed by atoms with van der Waals surface area (Å²) in [7, 11) is 0. The maximum absolute atomic E-state index is 12.3. The van der Waals surface area contributed by atoms with Crippen LogP contribution in [-0.2, 0) is 11.3 Å². The van der Waals surface area contributed by atoms with Crippen LogP contribution in [0.5, 0.6) is 0 Å². The van der Waals surface area contributed by atoms with E-state index in [2.05, 4.69) is 10.3 Å². The van der Waals surface area contributed by atoms with Crippen molar-refractivity contribution < 1.29 is 9.59 Å². The van der Waals surface area contributed by atoms with Crippen LogP contribution in [0.4, 0.5) is 5.69 Å². The van der Waals surface area contributed by atoms with Gasteiger partial charge in [-0.15, -0.1) is 0 Å². The lowest BCUT2D eigenvalue weighted by Crippen LogP contribution is -2.30. The number of carbonyl (C=O) groups is 2. The van der Waals surface area contributed by atoms with E-state index in [0.717, 1.165) is 16.7 Å². The van der Waals surface area contributed by atoms with E-state index in [4.69, 9.17) is 5.26 Å². The monoisotopic (exact) mass is 398 g/mol. The molecule has 3 aromatic rings. The largest absolute Gasteiger partial charge is 0.348 e. The van der Waals surface area contributed by atoms with E-state index >= 15 is 0 Å². The Morgan fingerprint density at radius 2 is 1.70 bits per heavy atom. The summed E-state index contributed by atoms with van der Waals surface area (Å²) >= 11 is 0. The fraction of sp³-hybridized carbons (Fsp3) is 0.167. The molecule has 0 radical (unpaired) electrons. The second-order valence-corrected chi connectivity index (χ2v) is 6.66. The molecule has 150 valence electrons. The number of pyridine rings is 1. The van der Waals surface area contributed by atoms with Crippen molar-refractivity contribution in [3.63, 3.8) is 0 Å². The van der Waals surface area contributed by atoms with Crippen molar-refractivity contribution in [3.05, 3.63) is 84.2 Å². The average molecular weight is 398 g/mol. The van der Waals surface area contributed by atoms with Crippen molar-refractivity contribution in [2.45, 2.75) is 19.9 Å². The predicted octanol–water partition coefficient (Wildman–Crippen LogP) is 3.95. The van der Waals surface area contributed by atoms with E-state index in [1.807, 2.05) is 54.6 Å². The lowest BCUT2D eigenvalue weighted by molar-refractivity contribution is -0.118. The summed E-state index contributed by atoms with van der Waals surface area (Å²) in [6.07, 6.45) is 3.76. The molecule has 30 heavy (non-hydrogen) atoms. The van der Waals surface area contributed by atoms with Gasteiger partial charge in [0.25, 0.3) is 5.91 Å². The number of benzene rings is 2. The number of anilines is 1. The Labute approximate surface area is 175 Å². The first-order chi connectivity index (χ1) is 14.6. The average Bonchev–Trinajstić information content (AvgIpc) is 2.81. The van der Waals surface area contributed by atoms with Crippen molar-refractivity contribution in [2.75, 3.05) is 11.4 Å². The fourth-order valence-electron chi connectivity index (χ4n) is 3.02. The molecule has 0 unspecified atom stereocenters. The van der Waals surface area contributed by atoms with Crippen LogP contribution in [0.25, 0.3) is 11.1 Å². The number of rotatable bonds is 7. The summed E-state index contributed by atoms with van der Waals surface area (Å²) in [6.45, 7) is 2.22. The summed E-state index contributed by atoms with van der Waals surface area (Å²) in [5.41, 5.74) is 4.13. The van der Waals surface area contributed by atoms with Crippen LogP contribution in [-0.4, -0.2) is 23.3 Å². The molecule has 0 saturated heterocycles. The molecule has 0 aliphatic carbocycles. The number of nitriles is 1. The summed E-state index contributed by atoms with van der Waals surface area (Å²) in [5, 5.41) is 11.8. The van der Waals surface area contributed by atoms with E-state index in [0.29, 0.717) is 24.2 Å². The van der Waals surface area contributed by atoms with Gasteiger partial charge in [0.15, 0.2) is 0 Å². The number of nitrogens with one attached hydrogen (secondary N) is 1. The normalized spacial score (nSPS) is 10.1. The molecule has 2 amide bonds. The lowest BCUT2D eigenvalue weighted by Gasteiger charge is -2.19. The zero-order chi connectivity index (χ0) is 21.3. The topological polar surface area (TPSA) is 86.1 Å². The molecular formula is C24H22N4O2. The van der Waals surface area contributed by atoms with Gasteiger partial charge in [-0.05, 0) is 47.0 Å². The first kappa shape index (κ1) is 20.7. The molecule has 3 rings (SSSR count). The van der Waals surface area contributed by atoms with Crippen LogP contribution < -0.4 is 10.2 Å². The molecule has 0 aliphatic heterocycles. The van der Waals surface area contributed by atoms with Crippen molar-refractivity contribution in [1.29, 1.82) is 5.26 Å². The summed E-state index contributed by atoms with van der Waals surface area (Å²) < 4.78 is 0. The van der Waals surface area contributed by atoms with Gasteiger partial charge >= 0.3 is 0 Å². The standard InChI is InChI=1S/C24H22N4O2/c1-2-23(29)28(15-13-25)22-11-9-20(10-12-22)19-5-7-21(8-6-19)24(30)27-17-18-4-3-14-26-16-18/h3-12,14,16H,2,15,17H2,1H3,(H,27,30).